The summed E-state index contributed by atoms with van der Waals surface area (Å²) in [5.41, 5.74) is -1.25. The van der Waals surface area contributed by atoms with Crippen molar-refractivity contribution in [2.75, 3.05) is 5.84 Å². The number of rotatable bonds is 2. The number of nitro benzene ring substituents is 2. The van der Waals surface area contributed by atoms with Crippen molar-refractivity contribution in [3.8, 4) is 5.75 Å². The van der Waals surface area contributed by atoms with Gasteiger partial charge in [0, 0.05) is 6.07 Å². The summed E-state index contributed by atoms with van der Waals surface area (Å²) in [4.78, 5) is 22.3. The highest BCUT2D eigenvalue weighted by Crippen LogP contribution is 2.27. The van der Waals surface area contributed by atoms with Crippen molar-refractivity contribution >= 4 is 11.4 Å². The zero-order chi connectivity index (χ0) is 15.1. The van der Waals surface area contributed by atoms with E-state index in [9.17, 15) is 25.3 Å². The standard InChI is InChI=1S/C6H4N2O5.C4H6N3/c9-6-2-1-4(7(10)11)3-5(6)8(12)13;5-7-3-1-6-2-4-7/h1-3,9H;1-4H,(H2,5,6)/q;+1/p-1. The van der Waals surface area contributed by atoms with Gasteiger partial charge in [-0.15, -0.1) is 0 Å². The largest absolute Gasteiger partial charge is 0.868 e. The van der Waals surface area contributed by atoms with Crippen molar-refractivity contribution in [2.45, 2.75) is 0 Å². The fourth-order valence-electron chi connectivity index (χ4n) is 1.09. The van der Waals surface area contributed by atoms with Gasteiger partial charge in [0.25, 0.3) is 11.4 Å². The summed E-state index contributed by atoms with van der Waals surface area (Å²) >= 11 is 0. The van der Waals surface area contributed by atoms with E-state index in [0.717, 1.165) is 12.1 Å². The second-order valence-electron chi connectivity index (χ2n) is 3.36. The van der Waals surface area contributed by atoms with E-state index in [1.54, 1.807) is 24.8 Å². The predicted octanol–water partition coefficient (Wildman–Crippen LogP) is -0.341. The molecule has 0 aliphatic heterocycles. The van der Waals surface area contributed by atoms with E-state index in [-0.39, 0.29) is 0 Å². The first-order chi connectivity index (χ1) is 9.41. The third-order valence-electron chi connectivity index (χ3n) is 2.00. The second kappa shape index (κ2) is 6.58. The third kappa shape index (κ3) is 4.18. The van der Waals surface area contributed by atoms with Gasteiger partial charge >= 0.3 is 0 Å². The number of benzene rings is 1. The van der Waals surface area contributed by atoms with Crippen LogP contribution in [-0.2, 0) is 0 Å². The Balaban J connectivity index is 0.000000240. The van der Waals surface area contributed by atoms with Crippen LogP contribution >= 0.6 is 0 Å². The number of nitro groups is 2. The maximum Gasteiger partial charge on any atom is 0.276 e. The van der Waals surface area contributed by atoms with Crippen LogP contribution in [0.5, 0.6) is 5.75 Å². The Morgan fingerprint density at radius 3 is 2.10 bits per heavy atom. The van der Waals surface area contributed by atoms with Gasteiger partial charge in [0.05, 0.1) is 28.3 Å². The summed E-state index contributed by atoms with van der Waals surface area (Å²) in [6, 6.07) is 2.37. The molecule has 2 aromatic rings. The molecule has 0 saturated carbocycles. The highest BCUT2D eigenvalue weighted by atomic mass is 16.6. The van der Waals surface area contributed by atoms with E-state index in [0.29, 0.717) is 6.07 Å². The van der Waals surface area contributed by atoms with Crippen LogP contribution in [0, 0.1) is 20.2 Å². The van der Waals surface area contributed by atoms with Gasteiger partial charge in [-0.1, -0.05) is 10.7 Å². The quantitative estimate of drug-likeness (QED) is 0.341. The molecule has 0 aliphatic rings. The smallest absolute Gasteiger partial charge is 0.276 e. The van der Waals surface area contributed by atoms with Gasteiger partial charge in [-0.25, -0.2) is 5.84 Å². The molecule has 0 unspecified atom stereocenters. The molecule has 0 bridgehead atoms. The lowest BCUT2D eigenvalue weighted by molar-refractivity contribution is -0.639. The molecule has 0 fully saturated rings. The fraction of sp³-hybridized carbons (Fsp3) is 0. The molecular weight excluding hydrogens is 270 g/mol. The van der Waals surface area contributed by atoms with Crippen LogP contribution in [0.25, 0.3) is 0 Å². The fourth-order valence-corrected chi connectivity index (χ4v) is 1.09. The first-order valence-electron chi connectivity index (χ1n) is 5.08. The Bertz CT molecular complexity index is 619. The van der Waals surface area contributed by atoms with Crippen LogP contribution in [-0.4, -0.2) is 14.8 Å². The summed E-state index contributed by atoms with van der Waals surface area (Å²) in [6.07, 6.45) is 6.58. The molecule has 1 aromatic heterocycles. The molecule has 2 rings (SSSR count). The lowest BCUT2D eigenvalue weighted by atomic mass is 10.2. The molecule has 104 valence electrons. The van der Waals surface area contributed by atoms with Crippen LogP contribution in [0.2, 0.25) is 0 Å². The molecular formula is C10H9N5O5. The van der Waals surface area contributed by atoms with Crippen LogP contribution in [0.3, 0.4) is 0 Å². The highest BCUT2D eigenvalue weighted by molar-refractivity contribution is 5.51. The monoisotopic (exact) mass is 279 g/mol. The van der Waals surface area contributed by atoms with Crippen molar-refractivity contribution in [1.29, 1.82) is 0 Å². The highest BCUT2D eigenvalue weighted by Gasteiger charge is 2.13. The lowest BCUT2D eigenvalue weighted by Gasteiger charge is -2.03. The maximum absolute atomic E-state index is 10.8. The van der Waals surface area contributed by atoms with Gasteiger partial charge in [0.15, 0.2) is 0 Å². The van der Waals surface area contributed by atoms with Gasteiger partial charge in [0.1, 0.15) is 0 Å². The van der Waals surface area contributed by atoms with Crippen molar-refractivity contribution in [2.24, 2.45) is 0 Å². The Labute approximate surface area is 112 Å². The van der Waals surface area contributed by atoms with Crippen molar-refractivity contribution < 1.29 is 19.6 Å². The third-order valence-corrected chi connectivity index (χ3v) is 2.00. The lowest BCUT2D eigenvalue weighted by Crippen LogP contribution is -2.43. The number of hydrogen-bond acceptors (Lipinski definition) is 7. The van der Waals surface area contributed by atoms with Crippen LogP contribution in [0.1, 0.15) is 0 Å². The van der Waals surface area contributed by atoms with E-state index in [1.165, 1.54) is 4.68 Å². The Hall–Kier alpha value is -3.30. The minimum atomic E-state index is -0.949. The number of nitrogen functional groups attached to an aromatic ring is 1. The zero-order valence-electron chi connectivity index (χ0n) is 9.95. The molecule has 0 radical (unpaired) electrons. The number of aromatic nitrogens is 2. The number of nitrogens with zero attached hydrogens (tertiary/aromatic N) is 4. The topological polar surface area (TPSA) is 152 Å². The van der Waals surface area contributed by atoms with Crippen molar-refractivity contribution in [3.63, 3.8) is 0 Å². The van der Waals surface area contributed by atoms with E-state index < -0.39 is 27.0 Å². The summed E-state index contributed by atoms with van der Waals surface area (Å²) in [5, 5.41) is 31.1. The van der Waals surface area contributed by atoms with E-state index in [2.05, 4.69) is 4.98 Å². The van der Waals surface area contributed by atoms with Crippen molar-refractivity contribution in [3.05, 3.63) is 63.2 Å². The zero-order valence-corrected chi connectivity index (χ0v) is 9.95. The molecule has 10 nitrogen and oxygen atoms in total. The van der Waals surface area contributed by atoms with Gasteiger partial charge in [-0.2, -0.15) is 0 Å². The average Bonchev–Trinajstić information content (AvgIpc) is 2.40. The van der Waals surface area contributed by atoms with Gasteiger partial charge < -0.3 is 5.11 Å². The van der Waals surface area contributed by atoms with Gasteiger partial charge in [-0.05, 0) is 5.75 Å². The normalized spacial score (nSPS) is 9.20. The second-order valence-corrected chi connectivity index (χ2v) is 3.36. The summed E-state index contributed by atoms with van der Waals surface area (Å²) in [6.45, 7) is 0. The Morgan fingerprint density at radius 1 is 1.10 bits per heavy atom. The van der Waals surface area contributed by atoms with E-state index >= 15 is 0 Å². The molecule has 0 amide bonds. The predicted molar refractivity (Wildman–Crippen MR) is 63.8 cm³/mol. The maximum atomic E-state index is 10.8. The minimum absolute atomic E-state index is 0.466. The van der Waals surface area contributed by atoms with Crippen LogP contribution < -0.4 is 15.6 Å². The molecule has 0 atom stereocenters. The molecule has 0 saturated heterocycles. The molecule has 10 heteroatoms. The molecule has 1 heterocycles. The van der Waals surface area contributed by atoms with Gasteiger partial charge in [-0.3, -0.25) is 25.2 Å². The number of nitrogens with two attached hydrogens (primary N) is 1. The first-order valence-corrected chi connectivity index (χ1v) is 5.08. The first kappa shape index (κ1) is 14.8. The summed E-state index contributed by atoms with van der Waals surface area (Å²) in [5.74, 6) is 4.40. The summed E-state index contributed by atoms with van der Waals surface area (Å²) < 4.78 is 1.44. The van der Waals surface area contributed by atoms with Crippen LogP contribution in [0.4, 0.5) is 11.4 Å². The molecule has 0 spiro atoms. The van der Waals surface area contributed by atoms with E-state index in [1.807, 2.05) is 0 Å². The molecule has 2 N–H and O–H groups in total. The molecule has 20 heavy (non-hydrogen) atoms. The van der Waals surface area contributed by atoms with Crippen LogP contribution in [0.15, 0.2) is 43.0 Å². The van der Waals surface area contributed by atoms with Crippen molar-refractivity contribution in [1.82, 2.24) is 4.98 Å². The van der Waals surface area contributed by atoms with Gasteiger partial charge in [0.2, 0.25) is 12.4 Å². The van der Waals surface area contributed by atoms with E-state index in [4.69, 9.17) is 5.84 Å². The minimum Gasteiger partial charge on any atom is -0.868 e. The number of non-ortho nitro benzene ring substituents is 1. The molecule has 0 aliphatic carbocycles. The average molecular weight is 279 g/mol. The Morgan fingerprint density at radius 2 is 1.70 bits per heavy atom. The molecule has 1 aromatic carbocycles. The number of hydrogen-bond donors (Lipinski definition) is 1. The SMILES string of the molecule is N[n+]1ccncc1.O=[N+]([O-])c1ccc([O-])c([N+](=O)[O-])c1. The Kier molecular flexibility index (Phi) is 4.86. The summed E-state index contributed by atoms with van der Waals surface area (Å²) in [7, 11) is 0.